The Labute approximate surface area is 256 Å². The Morgan fingerprint density at radius 1 is 0.864 bits per heavy atom. The first-order valence-corrected chi connectivity index (χ1v) is 15.2. The molecule has 44 heavy (non-hydrogen) atoms. The van der Waals surface area contributed by atoms with Crippen molar-refractivity contribution in [2.24, 2.45) is 5.73 Å². The van der Waals surface area contributed by atoms with E-state index in [4.69, 9.17) is 19.9 Å². The van der Waals surface area contributed by atoms with Gasteiger partial charge in [-0.15, -0.1) is 0 Å². The molecule has 4 N–H and O–H groups in total. The number of nitrogens with one attached hydrogen (secondary N) is 2. The van der Waals surface area contributed by atoms with Crippen LogP contribution in [-0.4, -0.2) is 58.9 Å². The molecule has 0 aliphatic carbocycles. The molecule has 1 aliphatic heterocycles. The lowest BCUT2D eigenvalue weighted by atomic mass is 9.97. The molecule has 6 aromatic rings. The van der Waals surface area contributed by atoms with Gasteiger partial charge in [-0.3, -0.25) is 15.0 Å². The van der Waals surface area contributed by atoms with Crippen LogP contribution in [0.2, 0.25) is 0 Å². The highest BCUT2D eigenvalue weighted by Crippen LogP contribution is 2.37. The number of furan rings is 1. The van der Waals surface area contributed by atoms with E-state index in [0.29, 0.717) is 12.4 Å². The van der Waals surface area contributed by atoms with Gasteiger partial charge in [-0.05, 0) is 47.9 Å². The molecular weight excluding hydrogens is 548 g/mol. The van der Waals surface area contributed by atoms with Crippen molar-refractivity contribution in [1.29, 1.82) is 0 Å². The lowest BCUT2D eigenvalue weighted by Crippen LogP contribution is -2.42. The molecule has 1 saturated heterocycles. The summed E-state index contributed by atoms with van der Waals surface area (Å²) in [6, 6.07) is 32.8. The molecule has 1 fully saturated rings. The highest BCUT2D eigenvalue weighted by Gasteiger charge is 2.18. The fourth-order valence-corrected chi connectivity index (χ4v) is 5.80. The molecule has 3 aromatic carbocycles. The molecule has 0 spiro atoms. The number of fused-ring (bicyclic) bond motifs is 1. The third-order valence-corrected chi connectivity index (χ3v) is 8.07. The number of aromatic amines is 1. The largest absolute Gasteiger partial charge is 0.490 e. The lowest BCUT2D eigenvalue weighted by Gasteiger charge is -2.26. The zero-order valence-electron chi connectivity index (χ0n) is 24.6. The van der Waals surface area contributed by atoms with Crippen LogP contribution in [0.1, 0.15) is 11.3 Å². The fourth-order valence-electron chi connectivity index (χ4n) is 5.80. The normalized spacial score (nSPS) is 14.6. The Kier molecular flexibility index (Phi) is 8.19. The number of pyridine rings is 1. The number of ether oxygens (including phenoxy) is 1. The van der Waals surface area contributed by atoms with E-state index in [-0.39, 0.29) is 6.04 Å². The second kappa shape index (κ2) is 12.9. The number of nitrogens with zero attached hydrogens (tertiary/aromatic N) is 3. The van der Waals surface area contributed by atoms with Crippen molar-refractivity contribution in [1.82, 2.24) is 25.4 Å². The minimum atomic E-state index is -0.135. The van der Waals surface area contributed by atoms with Crippen LogP contribution in [0.5, 0.6) is 5.75 Å². The number of nitrogens with two attached hydrogens (primary N) is 1. The van der Waals surface area contributed by atoms with Crippen molar-refractivity contribution in [3.05, 3.63) is 115 Å². The first-order chi connectivity index (χ1) is 21.7. The van der Waals surface area contributed by atoms with Gasteiger partial charge in [-0.1, -0.05) is 66.7 Å². The van der Waals surface area contributed by atoms with Crippen LogP contribution < -0.4 is 15.8 Å². The van der Waals surface area contributed by atoms with Crippen LogP contribution in [0.25, 0.3) is 44.7 Å². The van der Waals surface area contributed by atoms with E-state index in [2.05, 4.69) is 75.0 Å². The summed E-state index contributed by atoms with van der Waals surface area (Å²) < 4.78 is 12.5. The quantitative estimate of drug-likeness (QED) is 0.184. The second-order valence-electron chi connectivity index (χ2n) is 11.3. The summed E-state index contributed by atoms with van der Waals surface area (Å²) in [4.78, 5) is 7.28. The topological polar surface area (TPSA) is 105 Å². The lowest BCUT2D eigenvalue weighted by molar-refractivity contribution is 0.217. The molecule has 8 nitrogen and oxygen atoms in total. The van der Waals surface area contributed by atoms with E-state index < -0.39 is 0 Å². The predicted octanol–water partition coefficient (Wildman–Crippen LogP) is 5.91. The SMILES string of the molecule is N[C@H](COc1cnc(-c2ccccc2)c(-c2ccc3[nH]nc(-c4ccc(CN5CCNCC5)o4)c3c2)c1)Cc1ccccc1. The van der Waals surface area contributed by atoms with E-state index >= 15 is 0 Å². The maximum atomic E-state index is 6.43. The Balaban J connectivity index is 1.18. The van der Waals surface area contributed by atoms with Gasteiger partial charge in [0.2, 0.25) is 0 Å². The number of rotatable bonds is 10. The molecule has 1 aliphatic rings. The Morgan fingerprint density at radius 3 is 2.48 bits per heavy atom. The standard InChI is InChI=1S/C36H36N6O2/c37-28(19-25-7-3-1-4-8-25)24-43-30-21-31(35(39-22-30)26-9-5-2-6-10-26)27-11-13-33-32(20-27)36(41-40-33)34-14-12-29(44-34)23-42-17-15-38-16-18-42/h1-14,20-22,28,38H,15-19,23-24,37H2,(H,40,41)/t28-/m0/s1. The number of hydrogen-bond donors (Lipinski definition) is 3. The summed E-state index contributed by atoms with van der Waals surface area (Å²) in [6.07, 6.45) is 2.53. The molecule has 0 amide bonds. The van der Waals surface area contributed by atoms with Crippen molar-refractivity contribution in [2.45, 2.75) is 19.0 Å². The Hall–Kier alpha value is -4.76. The molecule has 8 heteroatoms. The van der Waals surface area contributed by atoms with Gasteiger partial charge in [0.25, 0.3) is 0 Å². The second-order valence-corrected chi connectivity index (χ2v) is 11.3. The summed E-state index contributed by atoms with van der Waals surface area (Å²) in [7, 11) is 0. The highest BCUT2D eigenvalue weighted by atomic mass is 16.5. The summed E-state index contributed by atoms with van der Waals surface area (Å²) in [5.74, 6) is 2.38. The van der Waals surface area contributed by atoms with E-state index in [1.165, 1.54) is 5.56 Å². The fraction of sp³-hybridized carbons (Fsp3) is 0.222. The van der Waals surface area contributed by atoms with Crippen LogP contribution in [0.15, 0.2) is 108 Å². The molecule has 0 saturated carbocycles. The predicted molar refractivity (Wildman–Crippen MR) is 174 cm³/mol. The maximum absolute atomic E-state index is 6.43. The maximum Gasteiger partial charge on any atom is 0.155 e. The summed E-state index contributed by atoms with van der Waals surface area (Å²) in [6.45, 7) is 5.23. The molecule has 0 radical (unpaired) electrons. The molecule has 222 valence electrons. The number of aromatic nitrogens is 3. The Bertz CT molecular complexity index is 1830. The van der Waals surface area contributed by atoms with Crippen LogP contribution in [0, 0.1) is 0 Å². The zero-order chi connectivity index (χ0) is 29.7. The van der Waals surface area contributed by atoms with Gasteiger partial charge in [-0.25, -0.2) is 0 Å². The number of H-pyrrole nitrogens is 1. The van der Waals surface area contributed by atoms with Crippen molar-refractivity contribution < 1.29 is 9.15 Å². The summed E-state index contributed by atoms with van der Waals surface area (Å²) in [5.41, 5.74) is 13.3. The smallest absolute Gasteiger partial charge is 0.155 e. The number of piperazine rings is 1. The van der Waals surface area contributed by atoms with Gasteiger partial charge in [0.05, 0.1) is 24.0 Å². The molecule has 0 unspecified atom stereocenters. The minimum absolute atomic E-state index is 0.135. The minimum Gasteiger partial charge on any atom is -0.490 e. The van der Waals surface area contributed by atoms with E-state index in [1.807, 2.05) is 42.5 Å². The molecule has 4 heterocycles. The van der Waals surface area contributed by atoms with Crippen molar-refractivity contribution >= 4 is 10.9 Å². The van der Waals surface area contributed by atoms with Gasteiger partial charge in [-0.2, -0.15) is 5.10 Å². The monoisotopic (exact) mass is 584 g/mol. The van der Waals surface area contributed by atoms with E-state index in [0.717, 1.165) is 89.6 Å². The van der Waals surface area contributed by atoms with Crippen LogP contribution in [0.3, 0.4) is 0 Å². The third-order valence-electron chi connectivity index (χ3n) is 8.07. The van der Waals surface area contributed by atoms with Gasteiger partial charge in [0.15, 0.2) is 5.76 Å². The average molecular weight is 585 g/mol. The van der Waals surface area contributed by atoms with Crippen molar-refractivity contribution in [2.75, 3.05) is 32.8 Å². The van der Waals surface area contributed by atoms with Crippen LogP contribution in [0.4, 0.5) is 0 Å². The molecule has 7 rings (SSSR count). The summed E-state index contributed by atoms with van der Waals surface area (Å²) in [5, 5.41) is 12.2. The molecule has 1 atom stereocenters. The van der Waals surface area contributed by atoms with Crippen molar-refractivity contribution in [3.8, 4) is 39.6 Å². The molecular formula is C36H36N6O2. The molecule has 0 bridgehead atoms. The number of hydrogen-bond acceptors (Lipinski definition) is 7. The highest BCUT2D eigenvalue weighted by molar-refractivity contribution is 5.96. The molecule has 3 aromatic heterocycles. The van der Waals surface area contributed by atoms with Gasteiger partial charge >= 0.3 is 0 Å². The first-order valence-electron chi connectivity index (χ1n) is 15.2. The Morgan fingerprint density at radius 2 is 1.66 bits per heavy atom. The third kappa shape index (κ3) is 6.28. The summed E-state index contributed by atoms with van der Waals surface area (Å²) >= 11 is 0. The van der Waals surface area contributed by atoms with Crippen LogP contribution >= 0.6 is 0 Å². The number of benzene rings is 3. The average Bonchev–Trinajstić information content (AvgIpc) is 3.71. The van der Waals surface area contributed by atoms with Crippen LogP contribution in [-0.2, 0) is 13.0 Å². The first kappa shape index (κ1) is 28.0. The van der Waals surface area contributed by atoms with Gasteiger partial charge in [0.1, 0.15) is 23.8 Å². The van der Waals surface area contributed by atoms with E-state index in [9.17, 15) is 0 Å². The zero-order valence-corrected chi connectivity index (χ0v) is 24.6. The van der Waals surface area contributed by atoms with Crippen molar-refractivity contribution in [3.63, 3.8) is 0 Å². The van der Waals surface area contributed by atoms with Gasteiger partial charge in [0, 0.05) is 48.7 Å². The van der Waals surface area contributed by atoms with E-state index in [1.54, 1.807) is 6.20 Å². The van der Waals surface area contributed by atoms with Gasteiger partial charge < -0.3 is 20.2 Å².